The summed E-state index contributed by atoms with van der Waals surface area (Å²) in [6.45, 7) is 1.04. The molecular weight excluding hydrogens is 505 g/mol. The van der Waals surface area contributed by atoms with Gasteiger partial charge in [-0.25, -0.2) is 19.3 Å². The molecule has 3 heterocycles. The molecule has 3 aromatic rings. The van der Waals surface area contributed by atoms with Crippen molar-refractivity contribution >= 4 is 34.8 Å². The van der Waals surface area contributed by atoms with E-state index < -0.39 is 11.9 Å². The lowest BCUT2D eigenvalue weighted by Gasteiger charge is -2.29. The van der Waals surface area contributed by atoms with E-state index in [9.17, 15) is 14.0 Å². The molecule has 13 heteroatoms. The number of hydrogen-bond acceptors (Lipinski definition) is 9. The number of carbonyl (C=O) groups is 2. The molecule has 2 aliphatic rings. The van der Waals surface area contributed by atoms with E-state index in [0.29, 0.717) is 36.3 Å². The van der Waals surface area contributed by atoms with Gasteiger partial charge in [0.1, 0.15) is 12.4 Å². The molecule has 0 aromatic carbocycles. The highest BCUT2D eigenvalue weighted by atomic mass is 19.1. The van der Waals surface area contributed by atoms with Crippen molar-refractivity contribution in [1.82, 2.24) is 29.8 Å². The van der Waals surface area contributed by atoms with E-state index in [1.807, 2.05) is 25.1 Å². The number of anilines is 3. The first-order valence-electron chi connectivity index (χ1n) is 13.3. The van der Waals surface area contributed by atoms with Crippen LogP contribution in [0.5, 0.6) is 0 Å². The van der Waals surface area contributed by atoms with Gasteiger partial charge in [0.15, 0.2) is 11.3 Å². The third kappa shape index (κ3) is 7.11. The van der Waals surface area contributed by atoms with Crippen LogP contribution in [0.15, 0.2) is 30.6 Å². The highest BCUT2D eigenvalue weighted by molar-refractivity contribution is 6.03. The predicted octanol–water partition coefficient (Wildman–Crippen LogP) is 3.10. The zero-order valence-corrected chi connectivity index (χ0v) is 22.1. The number of likely N-dealkylation sites (N-methyl/N-ethyl adjacent to an activating group) is 1. The average Bonchev–Trinajstić information content (AvgIpc) is 3.60. The highest BCUT2D eigenvalue weighted by Crippen LogP contribution is 2.30. The lowest BCUT2D eigenvalue weighted by molar-refractivity contribution is 0.102. The molecule has 2 amide bonds. The smallest absolute Gasteiger partial charge is 0.407 e. The second-order valence-corrected chi connectivity index (χ2v) is 10.3. The van der Waals surface area contributed by atoms with E-state index in [-0.39, 0.29) is 23.9 Å². The van der Waals surface area contributed by atoms with Gasteiger partial charge in [-0.05, 0) is 58.7 Å². The number of imidazole rings is 1. The molecule has 208 valence electrons. The Hall–Kier alpha value is -4.00. The molecule has 0 saturated heterocycles. The van der Waals surface area contributed by atoms with Gasteiger partial charge in [0.25, 0.3) is 5.91 Å². The summed E-state index contributed by atoms with van der Waals surface area (Å²) in [7, 11) is 3.86. The molecule has 0 aliphatic heterocycles. The van der Waals surface area contributed by atoms with E-state index >= 15 is 0 Å². The van der Waals surface area contributed by atoms with Crippen molar-refractivity contribution < 1.29 is 18.7 Å². The number of nitrogens with zero attached hydrogens (tertiary/aromatic N) is 5. The van der Waals surface area contributed by atoms with Gasteiger partial charge in [0.05, 0.1) is 11.9 Å². The van der Waals surface area contributed by atoms with Gasteiger partial charge in [-0.2, -0.15) is 4.39 Å². The van der Waals surface area contributed by atoms with Crippen LogP contribution >= 0.6 is 0 Å². The normalized spacial score (nSPS) is 19.1. The highest BCUT2D eigenvalue weighted by Gasteiger charge is 2.26. The quantitative estimate of drug-likeness (QED) is 0.286. The summed E-state index contributed by atoms with van der Waals surface area (Å²) in [5.74, 6) is -0.524. The summed E-state index contributed by atoms with van der Waals surface area (Å²) in [6.07, 6.45) is 7.85. The van der Waals surface area contributed by atoms with Crippen LogP contribution < -0.4 is 21.3 Å². The van der Waals surface area contributed by atoms with Gasteiger partial charge >= 0.3 is 6.09 Å². The van der Waals surface area contributed by atoms with Crippen molar-refractivity contribution in [2.24, 2.45) is 0 Å². The Kier molecular flexibility index (Phi) is 8.05. The molecule has 0 radical (unpaired) electrons. The minimum absolute atomic E-state index is 0.0689. The molecule has 0 bridgehead atoms. The van der Waals surface area contributed by atoms with Crippen molar-refractivity contribution in [2.75, 3.05) is 43.2 Å². The summed E-state index contributed by atoms with van der Waals surface area (Å²) >= 11 is 0. The Bertz CT molecular complexity index is 1320. The summed E-state index contributed by atoms with van der Waals surface area (Å²) < 4.78 is 20.3. The first-order chi connectivity index (χ1) is 18.8. The van der Waals surface area contributed by atoms with Crippen LogP contribution in [0.1, 0.15) is 49.0 Å². The number of alkyl carbamates (subject to hydrolysis) is 1. The molecule has 12 nitrogen and oxygen atoms in total. The maximum atomic E-state index is 13.5. The van der Waals surface area contributed by atoms with Crippen LogP contribution in [0.4, 0.5) is 26.4 Å². The Morgan fingerprint density at radius 3 is 2.49 bits per heavy atom. The van der Waals surface area contributed by atoms with Crippen molar-refractivity contribution in [3.63, 3.8) is 0 Å². The summed E-state index contributed by atoms with van der Waals surface area (Å²) in [5.41, 5.74) is 1.85. The van der Waals surface area contributed by atoms with E-state index in [0.717, 1.165) is 50.3 Å². The minimum atomic E-state index is -0.683. The van der Waals surface area contributed by atoms with Gasteiger partial charge in [-0.15, -0.1) is 5.10 Å². The number of hydrogen-bond donors (Lipinski definition) is 4. The van der Waals surface area contributed by atoms with Gasteiger partial charge in [0, 0.05) is 48.7 Å². The molecule has 2 fully saturated rings. The average molecular weight is 540 g/mol. The van der Waals surface area contributed by atoms with Crippen LogP contribution in [-0.2, 0) is 4.74 Å². The van der Waals surface area contributed by atoms with Crippen molar-refractivity contribution in [3.05, 3.63) is 42.2 Å². The number of halogens is 1. The molecule has 2 aliphatic carbocycles. The van der Waals surface area contributed by atoms with E-state index in [4.69, 9.17) is 4.74 Å². The molecule has 3 aromatic heterocycles. The van der Waals surface area contributed by atoms with E-state index in [2.05, 4.69) is 36.3 Å². The molecule has 0 spiro atoms. The molecular formula is C26H34FN9O3. The number of pyridine rings is 1. The monoisotopic (exact) mass is 539 g/mol. The fourth-order valence-electron chi connectivity index (χ4n) is 4.54. The van der Waals surface area contributed by atoms with Crippen LogP contribution in [0.3, 0.4) is 0 Å². The van der Waals surface area contributed by atoms with Gasteiger partial charge in [-0.1, -0.05) is 0 Å². The Morgan fingerprint density at radius 1 is 1.05 bits per heavy atom. The maximum Gasteiger partial charge on any atom is 0.407 e. The van der Waals surface area contributed by atoms with Gasteiger partial charge in [-0.3, -0.25) is 4.79 Å². The predicted molar refractivity (Wildman–Crippen MR) is 144 cm³/mol. The SMILES string of the molecule is CN(C)CCOC(=O)NC1CCC(Nc2cc(NC3CC3)c3ncc(C(=O)Nc4ccnc(F)c4)n3n2)CC1. The summed E-state index contributed by atoms with van der Waals surface area (Å²) in [6, 6.07) is 5.19. The van der Waals surface area contributed by atoms with Crippen LogP contribution in [-0.4, -0.2) is 81.9 Å². The van der Waals surface area contributed by atoms with Crippen LogP contribution in [0, 0.1) is 5.95 Å². The molecule has 0 unspecified atom stereocenters. The largest absolute Gasteiger partial charge is 0.448 e. The summed E-state index contributed by atoms with van der Waals surface area (Å²) in [5, 5.41) is 17.3. The van der Waals surface area contributed by atoms with E-state index in [1.54, 1.807) is 0 Å². The molecule has 39 heavy (non-hydrogen) atoms. The van der Waals surface area contributed by atoms with Crippen molar-refractivity contribution in [1.29, 1.82) is 0 Å². The topological polar surface area (TPSA) is 138 Å². The Morgan fingerprint density at radius 2 is 1.77 bits per heavy atom. The third-order valence-electron chi connectivity index (χ3n) is 6.79. The molecule has 4 N–H and O–H groups in total. The van der Waals surface area contributed by atoms with Crippen molar-refractivity contribution in [2.45, 2.75) is 56.7 Å². The lowest BCUT2D eigenvalue weighted by atomic mass is 9.91. The molecule has 2 saturated carbocycles. The number of nitrogens with one attached hydrogen (secondary N) is 4. The second kappa shape index (κ2) is 11.8. The van der Waals surface area contributed by atoms with Crippen LogP contribution in [0.2, 0.25) is 0 Å². The number of fused-ring (bicyclic) bond motifs is 1. The number of rotatable bonds is 10. The number of carbonyl (C=O) groups excluding carboxylic acids is 2. The molecule has 0 atom stereocenters. The minimum Gasteiger partial charge on any atom is -0.448 e. The zero-order valence-electron chi connectivity index (χ0n) is 22.1. The Labute approximate surface area is 225 Å². The zero-order chi connectivity index (χ0) is 27.4. The first kappa shape index (κ1) is 26.6. The van der Waals surface area contributed by atoms with Gasteiger partial charge in [0.2, 0.25) is 5.95 Å². The van der Waals surface area contributed by atoms with E-state index in [1.165, 1.54) is 23.0 Å². The Balaban J connectivity index is 1.25. The second-order valence-electron chi connectivity index (χ2n) is 10.3. The first-order valence-corrected chi connectivity index (χ1v) is 13.3. The third-order valence-corrected chi connectivity index (χ3v) is 6.79. The van der Waals surface area contributed by atoms with Crippen LogP contribution in [0.25, 0.3) is 5.65 Å². The summed E-state index contributed by atoms with van der Waals surface area (Å²) in [4.78, 5) is 35.0. The standard InChI is InChI=1S/C26H34FN9O3/c1-35(2)11-12-39-26(38)33-18-7-5-17(6-8-18)31-23-14-20(30-16-3-4-16)24-29-15-21(36(24)34-23)25(37)32-19-9-10-28-22(27)13-19/h9-10,13-18,30H,3-8,11-12H2,1-2H3,(H,31,34)(H,33,38)(H,28,32,37). The number of ether oxygens (including phenoxy) is 1. The number of amides is 2. The number of aromatic nitrogens is 4. The van der Waals surface area contributed by atoms with Crippen molar-refractivity contribution in [3.8, 4) is 0 Å². The lowest BCUT2D eigenvalue weighted by Crippen LogP contribution is -2.41. The molecule has 5 rings (SSSR count). The van der Waals surface area contributed by atoms with Gasteiger partial charge < -0.3 is 30.9 Å². The fraction of sp³-hybridized carbons (Fsp3) is 0.500. The maximum absolute atomic E-state index is 13.5. The fourth-order valence-corrected chi connectivity index (χ4v) is 4.54.